The quantitative estimate of drug-likeness (QED) is 0.545. The second kappa shape index (κ2) is 6.00. The number of nitrogen functional groups attached to an aromatic ring is 4. The van der Waals surface area contributed by atoms with Crippen LogP contribution in [-0.2, 0) is 0 Å². The minimum atomic E-state index is 0.765. The molecule has 19 heavy (non-hydrogen) atoms. The monoisotopic (exact) mass is 258 g/mol. The van der Waals surface area contributed by atoms with Gasteiger partial charge in [-0.2, -0.15) is 0 Å². The van der Waals surface area contributed by atoms with E-state index in [1.165, 1.54) is 0 Å². The zero-order chi connectivity index (χ0) is 14.6. The summed E-state index contributed by atoms with van der Waals surface area (Å²) in [5.74, 6) is 0. The van der Waals surface area contributed by atoms with E-state index in [1.807, 2.05) is 45.0 Å². The maximum absolute atomic E-state index is 5.70. The lowest BCUT2D eigenvalue weighted by atomic mass is 10.1. The van der Waals surface area contributed by atoms with E-state index in [1.54, 1.807) is 6.07 Å². The molecule has 0 aliphatic carbocycles. The molecule has 0 aliphatic heterocycles. The van der Waals surface area contributed by atoms with Crippen molar-refractivity contribution in [3.05, 3.63) is 47.0 Å². The number of nitrogens with two attached hydrogens (primary N) is 4. The van der Waals surface area contributed by atoms with Crippen LogP contribution in [0.1, 0.15) is 16.7 Å². The van der Waals surface area contributed by atoms with Crippen molar-refractivity contribution < 1.29 is 0 Å². The van der Waals surface area contributed by atoms with Gasteiger partial charge in [0.1, 0.15) is 0 Å². The molecule has 8 N–H and O–H groups in total. The Hall–Kier alpha value is -2.36. The zero-order valence-corrected chi connectivity index (χ0v) is 11.7. The van der Waals surface area contributed by atoms with Crippen LogP contribution in [0, 0.1) is 20.8 Å². The van der Waals surface area contributed by atoms with Crippen molar-refractivity contribution in [1.82, 2.24) is 0 Å². The fourth-order valence-electron chi connectivity index (χ4n) is 1.71. The maximum Gasteiger partial charge on any atom is 0.0374 e. The molecule has 0 aliphatic rings. The molecule has 2 aromatic carbocycles. The third-order valence-electron chi connectivity index (χ3n) is 2.91. The number of hydrogen-bond donors (Lipinski definition) is 4. The second-order valence-electron chi connectivity index (χ2n) is 4.68. The van der Waals surface area contributed by atoms with Gasteiger partial charge in [0.25, 0.3) is 0 Å². The molecule has 4 nitrogen and oxygen atoms in total. The molecule has 102 valence electrons. The summed E-state index contributed by atoms with van der Waals surface area (Å²) in [6, 6.07) is 9.22. The van der Waals surface area contributed by atoms with Crippen LogP contribution in [0.2, 0.25) is 0 Å². The van der Waals surface area contributed by atoms with Crippen LogP contribution in [0.25, 0.3) is 0 Å². The first-order chi connectivity index (χ1) is 8.81. The van der Waals surface area contributed by atoms with Gasteiger partial charge in [0.15, 0.2) is 0 Å². The van der Waals surface area contributed by atoms with Crippen molar-refractivity contribution >= 4 is 22.7 Å². The Kier molecular flexibility index (Phi) is 4.64. The van der Waals surface area contributed by atoms with Crippen molar-refractivity contribution in [2.45, 2.75) is 20.8 Å². The molecule has 2 aromatic rings. The lowest BCUT2D eigenvalue weighted by Crippen LogP contribution is -1.95. The van der Waals surface area contributed by atoms with Gasteiger partial charge >= 0.3 is 0 Å². The van der Waals surface area contributed by atoms with Gasteiger partial charge in [-0.3, -0.25) is 0 Å². The molecule has 0 fully saturated rings. The number of anilines is 4. The maximum atomic E-state index is 5.70. The first-order valence-corrected chi connectivity index (χ1v) is 6.05. The van der Waals surface area contributed by atoms with E-state index < -0.39 is 0 Å². The van der Waals surface area contributed by atoms with Gasteiger partial charge in [0.2, 0.25) is 0 Å². The molecule has 0 radical (unpaired) electrons. The smallest absolute Gasteiger partial charge is 0.0374 e. The molecule has 0 amide bonds. The number of benzene rings is 2. The predicted octanol–water partition coefficient (Wildman–Crippen LogP) is 2.63. The van der Waals surface area contributed by atoms with E-state index in [4.69, 9.17) is 22.9 Å². The minimum absolute atomic E-state index is 0.765. The topological polar surface area (TPSA) is 104 Å². The fraction of sp³-hybridized carbons (Fsp3) is 0.200. The van der Waals surface area contributed by atoms with Crippen LogP contribution in [0.5, 0.6) is 0 Å². The normalized spacial score (nSPS) is 9.63. The highest BCUT2D eigenvalue weighted by Crippen LogP contribution is 2.19. The molecule has 0 unspecified atom stereocenters. The highest BCUT2D eigenvalue weighted by Gasteiger charge is 1.97. The molecular formula is C15H22N4. The first kappa shape index (κ1) is 14.7. The fourth-order valence-corrected chi connectivity index (χ4v) is 1.71. The van der Waals surface area contributed by atoms with Crippen molar-refractivity contribution in [3.63, 3.8) is 0 Å². The summed E-state index contributed by atoms with van der Waals surface area (Å²) in [5, 5.41) is 0. The average molecular weight is 258 g/mol. The average Bonchev–Trinajstić information content (AvgIpc) is 2.32. The lowest BCUT2D eigenvalue weighted by Gasteiger charge is -2.04. The number of aryl methyl sites for hydroxylation is 3. The Labute approximate surface area is 114 Å². The molecule has 0 atom stereocenters. The van der Waals surface area contributed by atoms with Crippen LogP contribution in [-0.4, -0.2) is 0 Å². The van der Waals surface area contributed by atoms with Gasteiger partial charge in [0, 0.05) is 22.7 Å². The summed E-state index contributed by atoms with van der Waals surface area (Å²) in [5.41, 5.74) is 28.6. The van der Waals surface area contributed by atoms with E-state index in [2.05, 4.69) is 0 Å². The SMILES string of the molecule is Cc1cc(N)cc(C)c1N.Cc1cc(N)ccc1N. The van der Waals surface area contributed by atoms with E-state index in [0.29, 0.717) is 0 Å². The van der Waals surface area contributed by atoms with Gasteiger partial charge in [-0.05, 0) is 67.8 Å². The first-order valence-electron chi connectivity index (χ1n) is 6.05. The lowest BCUT2D eigenvalue weighted by molar-refractivity contribution is 1.39. The van der Waals surface area contributed by atoms with E-state index in [9.17, 15) is 0 Å². The molecule has 2 rings (SSSR count). The Balaban J connectivity index is 0.000000191. The van der Waals surface area contributed by atoms with E-state index in [-0.39, 0.29) is 0 Å². The van der Waals surface area contributed by atoms with E-state index in [0.717, 1.165) is 39.4 Å². The molecule has 4 heteroatoms. The number of rotatable bonds is 0. The summed E-state index contributed by atoms with van der Waals surface area (Å²) in [6.45, 7) is 5.85. The van der Waals surface area contributed by atoms with Crippen LogP contribution >= 0.6 is 0 Å². The molecule has 0 aromatic heterocycles. The third-order valence-corrected chi connectivity index (χ3v) is 2.91. The second-order valence-corrected chi connectivity index (χ2v) is 4.68. The summed E-state index contributed by atoms with van der Waals surface area (Å²) < 4.78 is 0. The third kappa shape index (κ3) is 4.10. The Morgan fingerprint density at radius 1 is 0.632 bits per heavy atom. The number of hydrogen-bond acceptors (Lipinski definition) is 4. The largest absolute Gasteiger partial charge is 0.399 e. The standard InChI is InChI=1S/C8H12N2.C7H10N2/c1-5-3-7(9)4-6(2)8(5)10;1-5-4-6(8)2-3-7(5)9/h3-4H,9-10H2,1-2H3;2-4H,8-9H2,1H3. The van der Waals surface area contributed by atoms with Gasteiger partial charge in [0.05, 0.1) is 0 Å². The van der Waals surface area contributed by atoms with Gasteiger partial charge in [-0.1, -0.05) is 0 Å². The summed E-state index contributed by atoms with van der Waals surface area (Å²) in [6.07, 6.45) is 0. The van der Waals surface area contributed by atoms with Crippen LogP contribution in [0.4, 0.5) is 22.7 Å². The van der Waals surface area contributed by atoms with Crippen molar-refractivity contribution in [1.29, 1.82) is 0 Å². The molecule has 0 saturated carbocycles. The van der Waals surface area contributed by atoms with Gasteiger partial charge in [-0.15, -0.1) is 0 Å². The van der Waals surface area contributed by atoms with Crippen LogP contribution < -0.4 is 22.9 Å². The molecule has 0 heterocycles. The summed E-state index contributed by atoms with van der Waals surface area (Å²) in [7, 11) is 0. The highest BCUT2D eigenvalue weighted by molar-refractivity contribution is 5.60. The Bertz CT molecular complexity index is 553. The summed E-state index contributed by atoms with van der Waals surface area (Å²) in [4.78, 5) is 0. The molecule has 0 saturated heterocycles. The Morgan fingerprint density at radius 2 is 1.11 bits per heavy atom. The van der Waals surface area contributed by atoms with E-state index >= 15 is 0 Å². The molecule has 0 bridgehead atoms. The van der Waals surface area contributed by atoms with Gasteiger partial charge < -0.3 is 22.9 Å². The van der Waals surface area contributed by atoms with Crippen LogP contribution in [0.15, 0.2) is 30.3 Å². The minimum Gasteiger partial charge on any atom is -0.399 e. The van der Waals surface area contributed by atoms with Crippen molar-refractivity contribution in [2.75, 3.05) is 22.9 Å². The van der Waals surface area contributed by atoms with Crippen LogP contribution in [0.3, 0.4) is 0 Å². The summed E-state index contributed by atoms with van der Waals surface area (Å²) >= 11 is 0. The van der Waals surface area contributed by atoms with Gasteiger partial charge in [-0.25, -0.2) is 0 Å². The van der Waals surface area contributed by atoms with Crippen molar-refractivity contribution in [3.8, 4) is 0 Å². The molecular weight excluding hydrogens is 236 g/mol. The predicted molar refractivity (Wildman–Crippen MR) is 84.7 cm³/mol. The molecule has 0 spiro atoms. The Morgan fingerprint density at radius 3 is 1.53 bits per heavy atom. The zero-order valence-electron chi connectivity index (χ0n) is 11.7. The van der Waals surface area contributed by atoms with Crippen molar-refractivity contribution in [2.24, 2.45) is 0 Å². The highest BCUT2D eigenvalue weighted by atomic mass is 14.6.